The number of piperazine rings is 2. The number of anilines is 14. The molecule has 9 heterocycles. The van der Waals surface area contributed by atoms with Gasteiger partial charge in [0.15, 0.2) is 11.6 Å². The summed E-state index contributed by atoms with van der Waals surface area (Å²) in [6.45, 7) is 21.8. The van der Waals surface area contributed by atoms with Crippen molar-refractivity contribution in [2.24, 2.45) is 0 Å². The van der Waals surface area contributed by atoms with Crippen molar-refractivity contribution in [2.45, 2.75) is 65.3 Å². The molecule has 0 spiro atoms. The summed E-state index contributed by atoms with van der Waals surface area (Å²) < 4.78 is 32.3. The minimum absolute atomic E-state index is 0.0311. The lowest BCUT2D eigenvalue weighted by atomic mass is 10.0. The third-order valence-electron chi connectivity index (χ3n) is 22.3. The number of ketones is 2. The van der Waals surface area contributed by atoms with Gasteiger partial charge >= 0.3 is 24.1 Å². The lowest BCUT2D eigenvalue weighted by Gasteiger charge is -2.36. The molecule has 0 aliphatic carbocycles. The van der Waals surface area contributed by atoms with Gasteiger partial charge in [-0.05, 0) is 77.9 Å². The number of H-pyrrole nitrogens is 1. The van der Waals surface area contributed by atoms with E-state index in [1.807, 2.05) is 30.3 Å². The fraction of sp³-hybridized carbons (Fsp3) is 0.293. The zero-order chi connectivity index (χ0) is 93.3. The Bertz CT molecular complexity index is 5900. The molecule has 5 aliphatic heterocycles. The lowest BCUT2D eigenvalue weighted by Crippen LogP contribution is -2.48. The Hall–Kier alpha value is -15.0. The van der Waals surface area contributed by atoms with E-state index in [1.54, 1.807) is 154 Å². The molecule has 0 unspecified atom stereocenters. The molecule has 39 heteroatoms. The number of allylic oxidation sites excluding steroid dienone is 2. The van der Waals surface area contributed by atoms with E-state index >= 15 is 0 Å². The molecule has 0 atom stereocenters. The van der Waals surface area contributed by atoms with Gasteiger partial charge < -0.3 is 69.5 Å². The van der Waals surface area contributed by atoms with Crippen LogP contribution in [0.4, 0.5) is 95.2 Å². The summed E-state index contributed by atoms with van der Waals surface area (Å²) in [6.07, 6.45) is 12.2. The van der Waals surface area contributed by atoms with Gasteiger partial charge in [-0.1, -0.05) is 74.1 Å². The second-order valence-corrected chi connectivity index (χ2v) is 31.3. The number of halogens is 2. The number of carboxylic acids is 1. The number of carboxylic acid groups (broad SMARTS) is 1. The number of nitrogens with zero attached hydrogens (tertiary/aromatic N) is 17. The number of para-hydroxylation sites is 2. The van der Waals surface area contributed by atoms with E-state index in [1.165, 1.54) is 47.1 Å². The summed E-state index contributed by atoms with van der Waals surface area (Å²) in [6, 6.07) is 30.1. The van der Waals surface area contributed by atoms with Crippen LogP contribution in [0.5, 0.6) is 34.5 Å². The highest BCUT2D eigenvalue weighted by Gasteiger charge is 2.38. The Morgan fingerprint density at radius 2 is 0.977 bits per heavy atom. The number of ether oxygens (including phenoxy) is 6. The Morgan fingerprint density at radius 1 is 0.496 bits per heavy atom. The number of methoxy groups -OCH3 is 6. The van der Waals surface area contributed by atoms with Crippen molar-refractivity contribution in [1.82, 2.24) is 54.8 Å². The van der Waals surface area contributed by atoms with Gasteiger partial charge in [-0.2, -0.15) is 20.1 Å². The molecular weight excluding hydrogens is 1720 g/mol. The molecule has 2 saturated heterocycles. The summed E-state index contributed by atoms with van der Waals surface area (Å²) in [5.41, 5.74) is 10.4. The molecule has 37 nitrogen and oxygen atoms in total. The Balaban J connectivity index is 0.000000168. The van der Waals surface area contributed by atoms with Crippen LogP contribution in [-0.4, -0.2) is 223 Å². The van der Waals surface area contributed by atoms with Crippen LogP contribution in [0.15, 0.2) is 172 Å². The number of rotatable bonds is 32. The van der Waals surface area contributed by atoms with E-state index in [-0.39, 0.29) is 126 Å². The van der Waals surface area contributed by atoms with Crippen molar-refractivity contribution in [1.29, 1.82) is 0 Å². The predicted octanol–water partition coefficient (Wildman–Crippen LogP) is 13.4. The Labute approximate surface area is 766 Å². The molecule has 2 fully saturated rings. The first-order valence-electron chi connectivity index (χ1n) is 41.6. The topological polar surface area (TPSA) is 399 Å². The number of carbonyl (C=O) groups excluding carboxylic acids is 7. The van der Waals surface area contributed by atoms with Crippen molar-refractivity contribution < 1.29 is 71.9 Å². The van der Waals surface area contributed by atoms with Crippen molar-refractivity contribution in [3.8, 4) is 34.5 Å². The molecule has 0 radical (unpaired) electrons. The quantitative estimate of drug-likeness (QED) is 0.0213. The average Bonchev–Trinajstić information content (AvgIpc) is 1.23. The van der Waals surface area contributed by atoms with Gasteiger partial charge in [0, 0.05) is 199 Å². The summed E-state index contributed by atoms with van der Waals surface area (Å²) in [4.78, 5) is 146. The maximum Gasteiger partial charge on any atom is 0.330 e. The van der Waals surface area contributed by atoms with Crippen molar-refractivity contribution >= 4 is 151 Å². The van der Waals surface area contributed by atoms with E-state index in [0.717, 1.165) is 78.5 Å². The largest absolute Gasteiger partial charge is 0.497 e. The molecule has 8 amide bonds. The maximum absolute atomic E-state index is 13.9. The van der Waals surface area contributed by atoms with Crippen LogP contribution >= 0.6 is 23.2 Å². The number of aromatic amines is 1. The molecule has 682 valence electrons. The van der Waals surface area contributed by atoms with Crippen LogP contribution in [0.2, 0.25) is 10.0 Å². The molecule has 5 aliphatic rings. The SMILES string of the molecule is C=CC(=O)Cc1cc(CN2CCN(CC)CC2)ccc1Nc1ncc2c(n1)N(C)C(=O)N(c1cc(OC)cc(OC)c1)C2.C=CC(=O)Cc1cc(N2CCN(C(=O)CCC(=O)O)CC2)ccc1Nc1ncc2c(n1)N(C)C(=O)N(c1c(Cl)c(OC)cc(OC)c1Cl)C2.C=CC(=O)Nc1ccccc1Nc1ncc2c(n1)N(Cc1cn[nH]c1)C(=O)N(c1cc(OC)cc(OC)c1)C2. The summed E-state index contributed by atoms with van der Waals surface area (Å²) in [5.74, 6) is 3.23. The minimum Gasteiger partial charge on any atom is -0.497 e. The fourth-order valence-electron chi connectivity index (χ4n) is 15.2. The van der Waals surface area contributed by atoms with E-state index in [0.29, 0.717) is 112 Å². The number of fused-ring (bicyclic) bond motifs is 3. The summed E-state index contributed by atoms with van der Waals surface area (Å²) >= 11 is 13.2. The second kappa shape index (κ2) is 42.8. The molecule has 15 rings (SSSR count). The minimum atomic E-state index is -1.00. The van der Waals surface area contributed by atoms with Gasteiger partial charge in [-0.15, -0.1) is 0 Å². The summed E-state index contributed by atoms with van der Waals surface area (Å²) in [5, 5.41) is 28.4. The highest BCUT2D eigenvalue weighted by atomic mass is 35.5. The number of amides is 8. The highest BCUT2D eigenvalue weighted by molar-refractivity contribution is 6.42. The first-order valence-corrected chi connectivity index (χ1v) is 42.4. The number of hydrogen-bond donors (Lipinski definition) is 6. The normalized spacial score (nSPS) is 14.2. The smallest absolute Gasteiger partial charge is 0.330 e. The van der Waals surface area contributed by atoms with Crippen LogP contribution in [0.25, 0.3) is 0 Å². The zero-order valence-electron chi connectivity index (χ0n) is 73.8. The van der Waals surface area contributed by atoms with E-state index in [2.05, 4.69) is 105 Å². The summed E-state index contributed by atoms with van der Waals surface area (Å²) in [7, 11) is 12.4. The fourth-order valence-corrected chi connectivity index (χ4v) is 15.9. The number of urea groups is 3. The third kappa shape index (κ3) is 22.3. The first-order chi connectivity index (χ1) is 63.2. The Kier molecular flexibility index (Phi) is 30.6. The Morgan fingerprint density at radius 3 is 1.47 bits per heavy atom. The van der Waals surface area contributed by atoms with Gasteiger partial charge in [-0.25, -0.2) is 29.3 Å². The van der Waals surface area contributed by atoms with Crippen LogP contribution < -0.4 is 84.0 Å². The number of aromatic nitrogens is 8. The van der Waals surface area contributed by atoms with Crippen LogP contribution in [0, 0.1) is 0 Å². The van der Waals surface area contributed by atoms with Crippen molar-refractivity contribution in [3.05, 3.63) is 221 Å². The van der Waals surface area contributed by atoms with E-state index in [9.17, 15) is 38.4 Å². The van der Waals surface area contributed by atoms with E-state index < -0.39 is 12.0 Å². The predicted molar refractivity (Wildman–Crippen MR) is 500 cm³/mol. The standard InChI is InChI=1S/C33H35Cl2N7O7.C32H39N7O4.C27H26N8O4/c1-5-22(43)15-19-14-21(40-10-12-41(13-11-40)26(44)8-9-27(45)46)6-7-23(19)37-32-36-17-20-18-42(33(47)39(2)31(20)38-32)30-28(34)24(48-3)16-25(49-4)29(30)35;1-6-26(40)15-23-14-22(20-38-12-10-37(7-2)11-13-38)8-9-29(23)34-31-33-19-24-21-39(32(41)36(3)30(24)35-31)25-16-27(42-4)18-28(17-25)43-5;1-4-24(36)31-22-7-5-6-8-23(22)32-26-28-14-18-16-34(19-9-20(38-2)11-21(10-19)39-3)27(37)35(25(18)33-26)15-17-12-29-30-13-17/h5-7,14,16-17H,1,8-13,15,18H2,2-4H3,(H,45,46)(H,36,37,38);6,8-9,14,16-19H,1,7,10-13,15,20-21H2,2-5H3,(H,33,34,35);4-14H,1,15-16H2,2-3H3,(H,29,30)(H,31,36)(H,28,32,33). The van der Waals surface area contributed by atoms with Crippen LogP contribution in [0.3, 0.4) is 0 Å². The number of carbonyl (C=O) groups is 8. The maximum atomic E-state index is 13.9. The molecule has 131 heavy (non-hydrogen) atoms. The van der Waals surface area contributed by atoms with Gasteiger partial charge in [0.25, 0.3) is 0 Å². The molecule has 0 saturated carbocycles. The number of aliphatic carboxylic acids is 1. The van der Waals surface area contributed by atoms with E-state index in [4.69, 9.17) is 66.7 Å². The number of likely N-dealkylation sites (N-methyl/N-ethyl adjacent to an activating group) is 1. The molecule has 4 aromatic heterocycles. The van der Waals surface area contributed by atoms with Crippen LogP contribution in [-0.2, 0) is 69.5 Å². The van der Waals surface area contributed by atoms with Crippen molar-refractivity contribution in [3.63, 3.8) is 0 Å². The average molecular weight is 1820 g/mol. The highest BCUT2D eigenvalue weighted by Crippen LogP contribution is 2.49. The monoisotopic (exact) mass is 1820 g/mol. The third-order valence-corrected chi connectivity index (χ3v) is 23.1. The molecule has 10 aromatic rings. The van der Waals surface area contributed by atoms with Gasteiger partial charge in [0.2, 0.25) is 29.7 Å². The van der Waals surface area contributed by atoms with Gasteiger partial charge in [-0.3, -0.25) is 63.4 Å². The van der Waals surface area contributed by atoms with Crippen molar-refractivity contribution in [2.75, 3.05) is 171 Å². The molecule has 6 N–H and O–H groups in total. The molecule has 6 aromatic carbocycles. The van der Waals surface area contributed by atoms with Gasteiger partial charge in [0.05, 0.1) is 110 Å². The first kappa shape index (κ1) is 93.7. The lowest BCUT2D eigenvalue weighted by molar-refractivity contribution is -0.141. The number of nitrogens with one attached hydrogen (secondary N) is 5. The zero-order valence-corrected chi connectivity index (χ0v) is 75.3. The molecular formula is C92H100Cl2N22O15. The second-order valence-electron chi connectivity index (χ2n) is 30.6. The number of hydrogen-bond acceptors (Lipinski definition) is 27. The number of benzene rings is 6. The molecule has 0 bridgehead atoms. The van der Waals surface area contributed by atoms with Crippen LogP contribution in [0.1, 0.15) is 58.7 Å². The van der Waals surface area contributed by atoms with Gasteiger partial charge in [0.1, 0.15) is 62.0 Å².